The molecule has 3 heterocycles. The molecule has 2 aromatic rings. The molecule has 0 spiro atoms. The Hall–Kier alpha value is -2.55. The van der Waals surface area contributed by atoms with Gasteiger partial charge in [-0.15, -0.1) is 0 Å². The van der Waals surface area contributed by atoms with E-state index in [1.807, 2.05) is 30.3 Å². The van der Waals surface area contributed by atoms with Gasteiger partial charge in [-0.3, -0.25) is 4.79 Å². The fraction of sp³-hybridized carbons (Fsp3) is 0.444. The van der Waals surface area contributed by atoms with Crippen molar-refractivity contribution in [3.8, 4) is 5.75 Å². The number of benzene rings is 1. The standard InChI is InChI=1S/C18H19F3N4O2/c1-24-5-4-14(10-24)27-13-3-2-11-8-25(9-12(11)6-13)15-7-22-23-17(26)16(15)18(19,20)21/h2-3,6-7,14H,4-5,8-10H2,1H3,(H,23,26). The number of H-pyrrole nitrogens is 1. The summed E-state index contributed by atoms with van der Waals surface area (Å²) in [5, 5.41) is 5.42. The number of aromatic nitrogens is 2. The van der Waals surface area contributed by atoms with Crippen molar-refractivity contribution in [2.45, 2.75) is 31.8 Å². The van der Waals surface area contributed by atoms with Crippen LogP contribution >= 0.6 is 0 Å². The van der Waals surface area contributed by atoms with Gasteiger partial charge in [-0.25, -0.2) is 5.10 Å². The van der Waals surface area contributed by atoms with Crippen molar-refractivity contribution < 1.29 is 17.9 Å². The highest BCUT2D eigenvalue weighted by molar-refractivity contribution is 5.56. The first-order valence-corrected chi connectivity index (χ1v) is 8.68. The van der Waals surface area contributed by atoms with Crippen molar-refractivity contribution >= 4 is 5.69 Å². The lowest BCUT2D eigenvalue weighted by Crippen LogP contribution is -2.28. The van der Waals surface area contributed by atoms with E-state index >= 15 is 0 Å². The van der Waals surface area contributed by atoms with Gasteiger partial charge in [0, 0.05) is 26.2 Å². The number of hydrogen-bond acceptors (Lipinski definition) is 5. The lowest BCUT2D eigenvalue weighted by Gasteiger charge is -2.21. The molecule has 0 radical (unpaired) electrons. The van der Waals surface area contributed by atoms with Gasteiger partial charge in [0.15, 0.2) is 0 Å². The van der Waals surface area contributed by atoms with Gasteiger partial charge in [0.25, 0.3) is 5.56 Å². The molecule has 1 N–H and O–H groups in total. The lowest BCUT2D eigenvalue weighted by molar-refractivity contribution is -0.138. The lowest BCUT2D eigenvalue weighted by atomic mass is 10.1. The molecule has 1 aromatic heterocycles. The van der Waals surface area contributed by atoms with Crippen LogP contribution in [0, 0.1) is 0 Å². The summed E-state index contributed by atoms with van der Waals surface area (Å²) in [4.78, 5) is 15.4. The highest BCUT2D eigenvalue weighted by atomic mass is 19.4. The van der Waals surface area contributed by atoms with Crippen LogP contribution in [0.25, 0.3) is 0 Å². The fourth-order valence-electron chi connectivity index (χ4n) is 3.70. The van der Waals surface area contributed by atoms with Gasteiger partial charge >= 0.3 is 6.18 Å². The summed E-state index contributed by atoms with van der Waals surface area (Å²) in [7, 11) is 2.04. The summed E-state index contributed by atoms with van der Waals surface area (Å²) in [5.41, 5.74) is -0.838. The third kappa shape index (κ3) is 3.51. The molecular weight excluding hydrogens is 361 g/mol. The van der Waals surface area contributed by atoms with Crippen LogP contribution in [0.15, 0.2) is 29.2 Å². The molecule has 0 bridgehead atoms. The van der Waals surface area contributed by atoms with E-state index in [-0.39, 0.29) is 24.9 Å². The van der Waals surface area contributed by atoms with Crippen molar-refractivity contribution in [1.29, 1.82) is 0 Å². The number of rotatable bonds is 3. The molecule has 0 saturated carbocycles. The van der Waals surface area contributed by atoms with Gasteiger partial charge < -0.3 is 14.5 Å². The number of likely N-dealkylation sites (tertiary alicyclic amines) is 1. The smallest absolute Gasteiger partial charge is 0.423 e. The average Bonchev–Trinajstić information content (AvgIpc) is 3.19. The first-order valence-electron chi connectivity index (χ1n) is 8.68. The Labute approximate surface area is 153 Å². The van der Waals surface area contributed by atoms with Gasteiger partial charge in [-0.1, -0.05) is 6.07 Å². The van der Waals surface area contributed by atoms with E-state index in [1.165, 1.54) is 4.90 Å². The quantitative estimate of drug-likeness (QED) is 0.886. The number of likely N-dealkylation sites (N-methyl/N-ethyl adjacent to an activating group) is 1. The molecule has 1 unspecified atom stereocenters. The van der Waals surface area contributed by atoms with Gasteiger partial charge in [0.05, 0.1) is 11.9 Å². The van der Waals surface area contributed by atoms with Crippen LogP contribution in [0.4, 0.5) is 18.9 Å². The van der Waals surface area contributed by atoms with E-state index in [9.17, 15) is 18.0 Å². The fourth-order valence-corrected chi connectivity index (χ4v) is 3.70. The number of ether oxygens (including phenoxy) is 1. The molecule has 1 aromatic carbocycles. The Morgan fingerprint density at radius 1 is 1.26 bits per heavy atom. The minimum Gasteiger partial charge on any atom is -0.489 e. The van der Waals surface area contributed by atoms with Crippen molar-refractivity contribution in [3.63, 3.8) is 0 Å². The van der Waals surface area contributed by atoms with Gasteiger partial charge in [-0.05, 0) is 36.7 Å². The molecule has 27 heavy (non-hydrogen) atoms. The summed E-state index contributed by atoms with van der Waals surface area (Å²) >= 11 is 0. The van der Waals surface area contributed by atoms with E-state index in [0.29, 0.717) is 0 Å². The first kappa shape index (κ1) is 17.8. The topological polar surface area (TPSA) is 61.5 Å². The van der Waals surface area contributed by atoms with Crippen molar-refractivity contribution in [2.24, 2.45) is 0 Å². The Morgan fingerprint density at radius 2 is 2.04 bits per heavy atom. The van der Waals surface area contributed by atoms with Gasteiger partial charge in [0.1, 0.15) is 17.4 Å². The average molecular weight is 380 g/mol. The Bertz CT molecular complexity index is 912. The SMILES string of the molecule is CN1CCC(Oc2ccc3c(c2)CN(c2cn[nH]c(=O)c2C(F)(F)F)C3)C1. The molecule has 1 atom stereocenters. The molecule has 1 fully saturated rings. The number of anilines is 1. The van der Waals surface area contributed by atoms with E-state index < -0.39 is 17.3 Å². The monoisotopic (exact) mass is 380 g/mol. The van der Waals surface area contributed by atoms with E-state index in [0.717, 1.165) is 42.6 Å². The molecule has 2 aliphatic rings. The second-order valence-electron chi connectivity index (χ2n) is 7.03. The maximum absolute atomic E-state index is 13.3. The van der Waals surface area contributed by atoms with Crippen LogP contribution in [0.1, 0.15) is 23.1 Å². The molecule has 4 rings (SSSR count). The van der Waals surface area contributed by atoms with Crippen LogP contribution in [-0.4, -0.2) is 41.3 Å². The van der Waals surface area contributed by atoms with E-state index in [4.69, 9.17) is 4.74 Å². The molecule has 0 amide bonds. The number of alkyl halides is 3. The molecule has 9 heteroatoms. The zero-order valence-electron chi connectivity index (χ0n) is 14.7. The van der Waals surface area contributed by atoms with E-state index in [1.54, 1.807) is 0 Å². The molecule has 1 saturated heterocycles. The van der Waals surface area contributed by atoms with Crippen molar-refractivity contribution in [3.05, 3.63) is 51.4 Å². The number of hydrogen-bond donors (Lipinski definition) is 1. The minimum absolute atomic E-state index is 0.124. The van der Waals surface area contributed by atoms with E-state index in [2.05, 4.69) is 10.00 Å². The predicted molar refractivity (Wildman–Crippen MR) is 92.7 cm³/mol. The summed E-state index contributed by atoms with van der Waals surface area (Å²) in [6.45, 7) is 2.40. The normalized spacial score (nSPS) is 20.1. The van der Waals surface area contributed by atoms with Crippen LogP contribution in [0.5, 0.6) is 5.75 Å². The van der Waals surface area contributed by atoms with Crippen LogP contribution < -0.4 is 15.2 Å². The van der Waals surface area contributed by atoms with Crippen LogP contribution in [0.2, 0.25) is 0 Å². The summed E-state index contributed by atoms with van der Waals surface area (Å²) < 4.78 is 45.9. The second kappa shape index (κ2) is 6.56. The van der Waals surface area contributed by atoms with Gasteiger partial charge in [0.2, 0.25) is 0 Å². The maximum atomic E-state index is 13.3. The number of nitrogens with zero attached hydrogens (tertiary/aromatic N) is 3. The van der Waals surface area contributed by atoms with Gasteiger partial charge in [-0.2, -0.15) is 18.3 Å². The number of fused-ring (bicyclic) bond motifs is 1. The largest absolute Gasteiger partial charge is 0.489 e. The van der Waals surface area contributed by atoms with Crippen LogP contribution in [0.3, 0.4) is 0 Å². The zero-order valence-corrected chi connectivity index (χ0v) is 14.7. The third-order valence-corrected chi connectivity index (χ3v) is 5.01. The third-order valence-electron chi connectivity index (χ3n) is 5.01. The number of nitrogens with one attached hydrogen (secondary N) is 1. The summed E-state index contributed by atoms with van der Waals surface area (Å²) in [5.74, 6) is 0.718. The molecule has 144 valence electrons. The minimum atomic E-state index is -4.75. The second-order valence-corrected chi connectivity index (χ2v) is 7.03. The number of halogens is 3. The molecule has 6 nitrogen and oxygen atoms in total. The summed E-state index contributed by atoms with van der Waals surface area (Å²) in [6.07, 6.45) is -2.61. The predicted octanol–water partition coefficient (Wildman–Crippen LogP) is 2.39. The Balaban J connectivity index is 1.57. The zero-order chi connectivity index (χ0) is 19.2. The van der Waals surface area contributed by atoms with Crippen molar-refractivity contribution in [1.82, 2.24) is 15.1 Å². The highest BCUT2D eigenvalue weighted by Gasteiger charge is 2.39. The number of aromatic amines is 1. The van der Waals surface area contributed by atoms with Crippen molar-refractivity contribution in [2.75, 3.05) is 25.0 Å². The van der Waals surface area contributed by atoms with Crippen LogP contribution in [-0.2, 0) is 19.3 Å². The maximum Gasteiger partial charge on any atom is 0.423 e. The Morgan fingerprint density at radius 3 is 2.74 bits per heavy atom. The summed E-state index contributed by atoms with van der Waals surface area (Å²) in [6, 6.07) is 5.60. The molecular formula is C18H19F3N4O2. The first-order chi connectivity index (χ1) is 12.8. The Kier molecular flexibility index (Phi) is 4.33. The highest BCUT2D eigenvalue weighted by Crippen LogP contribution is 2.37. The molecule has 2 aliphatic heterocycles. The molecule has 0 aliphatic carbocycles.